The molecule has 0 bridgehead atoms. The van der Waals surface area contributed by atoms with E-state index in [4.69, 9.17) is 14.8 Å². The SMILES string of the molecule is CCCOc1ccc(Br)cc1C1C(C(=O)Nc2ccc(C)cc2C)=C(C)Nc2nc(SCCC)nn21. The van der Waals surface area contributed by atoms with Gasteiger partial charge in [-0.1, -0.05) is 59.2 Å². The minimum absolute atomic E-state index is 0.192. The molecule has 36 heavy (non-hydrogen) atoms. The van der Waals surface area contributed by atoms with Gasteiger partial charge < -0.3 is 15.4 Å². The van der Waals surface area contributed by atoms with Crippen LogP contribution in [0.2, 0.25) is 0 Å². The van der Waals surface area contributed by atoms with Gasteiger partial charge in [0, 0.05) is 27.2 Å². The summed E-state index contributed by atoms with van der Waals surface area (Å²) in [6, 6.07) is 11.4. The van der Waals surface area contributed by atoms with E-state index in [9.17, 15) is 4.79 Å². The molecule has 7 nitrogen and oxygen atoms in total. The Morgan fingerprint density at radius 2 is 1.97 bits per heavy atom. The highest BCUT2D eigenvalue weighted by Gasteiger charge is 2.36. The van der Waals surface area contributed by atoms with Gasteiger partial charge in [-0.25, -0.2) is 4.68 Å². The van der Waals surface area contributed by atoms with Crippen LogP contribution in [0.5, 0.6) is 5.75 Å². The van der Waals surface area contributed by atoms with Crippen LogP contribution in [0, 0.1) is 13.8 Å². The predicted molar refractivity (Wildman–Crippen MR) is 150 cm³/mol. The number of aromatic nitrogens is 3. The number of allylic oxidation sites excluding steroid dienone is 1. The molecule has 0 fully saturated rings. The summed E-state index contributed by atoms with van der Waals surface area (Å²) < 4.78 is 8.84. The van der Waals surface area contributed by atoms with Crippen molar-refractivity contribution in [2.45, 2.75) is 58.7 Å². The monoisotopic (exact) mass is 569 g/mol. The molecule has 2 heterocycles. The van der Waals surface area contributed by atoms with E-state index in [0.717, 1.165) is 56.9 Å². The first kappa shape index (κ1) is 26.3. The number of ether oxygens (including phenoxy) is 1. The number of hydrogen-bond donors (Lipinski definition) is 2. The van der Waals surface area contributed by atoms with Gasteiger partial charge in [0.05, 0.1) is 12.2 Å². The fourth-order valence-corrected chi connectivity index (χ4v) is 5.25. The number of amides is 1. The van der Waals surface area contributed by atoms with Gasteiger partial charge in [-0.15, -0.1) is 5.10 Å². The normalized spacial score (nSPS) is 14.9. The van der Waals surface area contributed by atoms with Crippen molar-refractivity contribution in [3.63, 3.8) is 0 Å². The summed E-state index contributed by atoms with van der Waals surface area (Å²) in [5.41, 5.74) is 5.09. The molecule has 0 saturated heterocycles. The fourth-order valence-electron chi connectivity index (χ4n) is 4.19. The number of carbonyl (C=O) groups excluding carboxylic acids is 1. The smallest absolute Gasteiger partial charge is 0.255 e. The van der Waals surface area contributed by atoms with Gasteiger partial charge in [0.1, 0.15) is 11.8 Å². The van der Waals surface area contributed by atoms with Gasteiger partial charge >= 0.3 is 0 Å². The second-order valence-electron chi connectivity index (χ2n) is 8.88. The van der Waals surface area contributed by atoms with Crippen molar-refractivity contribution in [1.82, 2.24) is 14.8 Å². The molecule has 1 atom stereocenters. The molecular weight excluding hydrogens is 538 g/mol. The van der Waals surface area contributed by atoms with Crippen LogP contribution in [-0.4, -0.2) is 33.0 Å². The minimum atomic E-state index is -0.514. The molecule has 2 aromatic carbocycles. The van der Waals surface area contributed by atoms with Crippen molar-refractivity contribution >= 4 is 45.2 Å². The quantitative estimate of drug-likeness (QED) is 0.273. The van der Waals surface area contributed by atoms with Gasteiger partial charge in [0.15, 0.2) is 0 Å². The van der Waals surface area contributed by atoms with Crippen LogP contribution in [0.1, 0.15) is 56.3 Å². The molecular formula is C27H32BrN5O2S. The van der Waals surface area contributed by atoms with Crippen molar-refractivity contribution in [1.29, 1.82) is 0 Å². The van der Waals surface area contributed by atoms with Crippen molar-refractivity contribution in [3.05, 3.63) is 68.8 Å². The molecule has 1 aromatic heterocycles. The van der Waals surface area contributed by atoms with Crippen LogP contribution in [0.4, 0.5) is 11.6 Å². The topological polar surface area (TPSA) is 81.1 Å². The van der Waals surface area contributed by atoms with E-state index in [2.05, 4.69) is 46.5 Å². The van der Waals surface area contributed by atoms with Crippen molar-refractivity contribution in [2.24, 2.45) is 0 Å². The number of anilines is 2. The summed E-state index contributed by atoms with van der Waals surface area (Å²) in [6.07, 6.45) is 1.90. The Balaban J connectivity index is 1.82. The van der Waals surface area contributed by atoms with Gasteiger partial charge in [0.2, 0.25) is 11.1 Å². The summed E-state index contributed by atoms with van der Waals surface area (Å²) in [6.45, 7) is 10.7. The predicted octanol–water partition coefficient (Wildman–Crippen LogP) is 6.88. The van der Waals surface area contributed by atoms with Crippen LogP contribution in [0.25, 0.3) is 0 Å². The lowest BCUT2D eigenvalue weighted by Crippen LogP contribution is -2.32. The number of carbonyl (C=O) groups is 1. The Hall–Kier alpha value is -2.78. The molecule has 1 amide bonds. The average Bonchev–Trinajstić information content (AvgIpc) is 3.25. The van der Waals surface area contributed by atoms with Crippen molar-refractivity contribution in [3.8, 4) is 5.75 Å². The van der Waals surface area contributed by atoms with Gasteiger partial charge in [-0.2, -0.15) is 4.98 Å². The summed E-state index contributed by atoms with van der Waals surface area (Å²) in [5, 5.41) is 11.9. The number of aryl methyl sites for hydroxylation is 2. The second-order valence-corrected chi connectivity index (χ2v) is 10.9. The molecule has 190 valence electrons. The van der Waals surface area contributed by atoms with Crippen LogP contribution in [0.3, 0.4) is 0 Å². The number of hydrogen-bond acceptors (Lipinski definition) is 6. The minimum Gasteiger partial charge on any atom is -0.493 e. The average molecular weight is 571 g/mol. The van der Waals surface area contributed by atoms with Crippen LogP contribution < -0.4 is 15.4 Å². The number of nitrogens with zero attached hydrogens (tertiary/aromatic N) is 3. The second kappa shape index (κ2) is 11.5. The standard InChI is InChI=1S/C27H32BrN5O2S/c1-6-12-35-22-11-9-19(28)15-20(22)24-23(25(34)30-21-10-8-16(3)14-17(21)4)18(5)29-26-31-27(32-33(24)26)36-13-7-2/h8-11,14-15,24H,6-7,12-13H2,1-5H3,(H,30,34)(H,29,31,32). The van der Waals surface area contributed by atoms with E-state index in [1.807, 2.05) is 55.8 Å². The molecule has 1 aliphatic heterocycles. The number of benzene rings is 2. The first-order valence-electron chi connectivity index (χ1n) is 12.2. The van der Waals surface area contributed by atoms with Crippen LogP contribution in [-0.2, 0) is 4.79 Å². The van der Waals surface area contributed by atoms with Crippen molar-refractivity contribution < 1.29 is 9.53 Å². The summed E-state index contributed by atoms with van der Waals surface area (Å²) >= 11 is 5.22. The molecule has 0 aliphatic carbocycles. The molecule has 1 unspecified atom stereocenters. The van der Waals surface area contributed by atoms with E-state index in [1.54, 1.807) is 11.8 Å². The summed E-state index contributed by atoms with van der Waals surface area (Å²) in [7, 11) is 0. The first-order chi connectivity index (χ1) is 17.3. The van der Waals surface area contributed by atoms with E-state index < -0.39 is 6.04 Å². The van der Waals surface area contributed by atoms with Crippen molar-refractivity contribution in [2.75, 3.05) is 23.0 Å². The first-order valence-corrected chi connectivity index (χ1v) is 14.0. The van der Waals surface area contributed by atoms with Gasteiger partial charge in [-0.3, -0.25) is 4.79 Å². The third-order valence-corrected chi connectivity index (χ3v) is 7.41. The lowest BCUT2D eigenvalue weighted by molar-refractivity contribution is -0.113. The summed E-state index contributed by atoms with van der Waals surface area (Å²) in [5.74, 6) is 2.06. The third-order valence-electron chi connectivity index (χ3n) is 5.87. The van der Waals surface area contributed by atoms with E-state index in [1.165, 1.54) is 0 Å². The number of rotatable bonds is 9. The molecule has 0 saturated carbocycles. The highest BCUT2D eigenvalue weighted by Crippen LogP contribution is 2.41. The Morgan fingerprint density at radius 3 is 2.69 bits per heavy atom. The van der Waals surface area contributed by atoms with E-state index in [-0.39, 0.29) is 5.91 Å². The number of nitrogens with one attached hydrogen (secondary N) is 2. The zero-order valence-electron chi connectivity index (χ0n) is 21.3. The van der Waals surface area contributed by atoms with E-state index in [0.29, 0.717) is 23.3 Å². The highest BCUT2D eigenvalue weighted by molar-refractivity contribution is 9.10. The maximum atomic E-state index is 13.9. The maximum absolute atomic E-state index is 13.9. The lowest BCUT2D eigenvalue weighted by atomic mass is 9.94. The van der Waals surface area contributed by atoms with Crippen LogP contribution >= 0.6 is 27.7 Å². The molecule has 9 heteroatoms. The molecule has 3 aromatic rings. The zero-order valence-corrected chi connectivity index (χ0v) is 23.7. The molecule has 4 rings (SSSR count). The Kier molecular flexibility index (Phi) is 8.41. The van der Waals surface area contributed by atoms with E-state index >= 15 is 0 Å². The number of halogens is 1. The Labute approximate surface area is 225 Å². The largest absolute Gasteiger partial charge is 0.493 e. The third kappa shape index (κ3) is 5.62. The highest BCUT2D eigenvalue weighted by atomic mass is 79.9. The molecule has 2 N–H and O–H groups in total. The fraction of sp³-hybridized carbons (Fsp3) is 0.370. The number of thioether (sulfide) groups is 1. The summed E-state index contributed by atoms with van der Waals surface area (Å²) in [4.78, 5) is 18.6. The number of fused-ring (bicyclic) bond motifs is 1. The van der Waals surface area contributed by atoms with Gasteiger partial charge in [-0.05, 0) is 63.4 Å². The molecule has 1 aliphatic rings. The lowest BCUT2D eigenvalue weighted by Gasteiger charge is -2.30. The molecule has 0 spiro atoms. The molecule has 0 radical (unpaired) electrons. The Bertz CT molecular complexity index is 1300. The zero-order chi connectivity index (χ0) is 25.8. The Morgan fingerprint density at radius 1 is 1.17 bits per heavy atom. The van der Waals surface area contributed by atoms with Crippen LogP contribution in [0.15, 0.2) is 57.3 Å². The van der Waals surface area contributed by atoms with Gasteiger partial charge in [0.25, 0.3) is 5.91 Å². The maximum Gasteiger partial charge on any atom is 0.255 e.